The molecule has 6 rings (SSSR count). The molecule has 3 aliphatic rings. The van der Waals surface area contributed by atoms with E-state index in [1.165, 1.54) is 16.2 Å². The van der Waals surface area contributed by atoms with Crippen LogP contribution in [0.5, 0.6) is 0 Å². The lowest BCUT2D eigenvalue weighted by Crippen LogP contribution is -2.60. The molecular formula is C38H49N5O5S. The van der Waals surface area contributed by atoms with Crippen LogP contribution in [0.2, 0.25) is 0 Å². The highest BCUT2D eigenvalue weighted by atomic mass is 32.1. The van der Waals surface area contributed by atoms with Gasteiger partial charge in [0.25, 0.3) is 0 Å². The minimum atomic E-state index is -1.08. The van der Waals surface area contributed by atoms with E-state index in [1.807, 2.05) is 73.5 Å². The van der Waals surface area contributed by atoms with Gasteiger partial charge in [-0.1, -0.05) is 68.7 Å². The Hall–Kier alpha value is -3.83. The van der Waals surface area contributed by atoms with Crippen molar-refractivity contribution >= 4 is 45.8 Å². The average molecular weight is 688 g/mol. The monoisotopic (exact) mass is 687 g/mol. The normalized spacial score (nSPS) is 21.6. The third-order valence-corrected chi connectivity index (χ3v) is 11.6. The van der Waals surface area contributed by atoms with Crippen LogP contribution in [-0.4, -0.2) is 92.3 Å². The van der Waals surface area contributed by atoms with Crippen LogP contribution in [0, 0.1) is 11.8 Å². The Bertz CT molecular complexity index is 1690. The van der Waals surface area contributed by atoms with E-state index in [9.17, 15) is 24.3 Å². The molecule has 0 spiro atoms. The first kappa shape index (κ1) is 35.0. The quantitative estimate of drug-likeness (QED) is 0.251. The molecule has 262 valence electrons. The molecule has 2 saturated heterocycles. The molecule has 0 bridgehead atoms. The number of aromatic nitrogens is 1. The third-order valence-electron chi connectivity index (χ3n) is 10.7. The molecule has 10 nitrogen and oxygen atoms in total. The van der Waals surface area contributed by atoms with Crippen molar-refractivity contribution in [2.24, 2.45) is 11.8 Å². The number of hydrogen-bond acceptors (Lipinski definition) is 7. The van der Waals surface area contributed by atoms with Crippen molar-refractivity contribution in [1.82, 2.24) is 25.0 Å². The van der Waals surface area contributed by atoms with E-state index in [-0.39, 0.29) is 42.1 Å². The van der Waals surface area contributed by atoms with Gasteiger partial charge >= 0.3 is 6.09 Å². The molecule has 49 heavy (non-hydrogen) atoms. The van der Waals surface area contributed by atoms with Gasteiger partial charge in [-0.3, -0.25) is 19.3 Å². The number of thiazole rings is 1. The fraction of sp³-hybridized carbons (Fsp3) is 0.553. The minimum Gasteiger partial charge on any atom is -0.465 e. The topological polar surface area (TPSA) is 123 Å². The Morgan fingerprint density at radius 1 is 1.00 bits per heavy atom. The molecule has 2 N–H and O–H groups in total. The minimum absolute atomic E-state index is 0.00218. The van der Waals surface area contributed by atoms with Crippen LogP contribution in [-0.2, 0) is 9.59 Å². The summed E-state index contributed by atoms with van der Waals surface area (Å²) in [6.45, 7) is 9.32. The van der Waals surface area contributed by atoms with E-state index in [4.69, 9.17) is 4.98 Å². The molecule has 11 heteroatoms. The van der Waals surface area contributed by atoms with Gasteiger partial charge in [0.15, 0.2) is 0 Å². The summed E-state index contributed by atoms with van der Waals surface area (Å²) in [6.07, 6.45) is 5.81. The van der Waals surface area contributed by atoms with E-state index in [2.05, 4.69) is 10.2 Å². The van der Waals surface area contributed by atoms with Crippen molar-refractivity contribution in [2.45, 2.75) is 96.3 Å². The summed E-state index contributed by atoms with van der Waals surface area (Å²) >= 11 is 1.42. The van der Waals surface area contributed by atoms with Crippen LogP contribution in [0.25, 0.3) is 10.8 Å². The first-order valence-corrected chi connectivity index (χ1v) is 18.6. The number of rotatable bonds is 9. The number of ketones is 1. The predicted octanol–water partition coefficient (Wildman–Crippen LogP) is 6.35. The lowest BCUT2D eigenvalue weighted by Gasteiger charge is -2.45. The van der Waals surface area contributed by atoms with E-state index >= 15 is 0 Å². The number of piperazine rings is 1. The number of nitrogens with zero attached hydrogens (tertiary/aromatic N) is 4. The van der Waals surface area contributed by atoms with Crippen LogP contribution < -0.4 is 5.32 Å². The lowest BCUT2D eigenvalue weighted by atomic mass is 9.82. The predicted molar refractivity (Wildman–Crippen MR) is 191 cm³/mol. The molecule has 0 unspecified atom stereocenters. The third kappa shape index (κ3) is 7.52. The second kappa shape index (κ2) is 14.6. The van der Waals surface area contributed by atoms with Gasteiger partial charge in [-0.2, -0.15) is 0 Å². The second-order valence-corrected chi connectivity index (χ2v) is 16.0. The summed E-state index contributed by atoms with van der Waals surface area (Å²) in [4.78, 5) is 65.0. The van der Waals surface area contributed by atoms with Crippen molar-refractivity contribution in [3.8, 4) is 0 Å². The number of carbonyl (C=O) groups excluding carboxylic acids is 3. The molecule has 2 aliphatic heterocycles. The number of amides is 3. The summed E-state index contributed by atoms with van der Waals surface area (Å²) in [5, 5.41) is 17.4. The summed E-state index contributed by atoms with van der Waals surface area (Å²) < 4.78 is 0. The van der Waals surface area contributed by atoms with Crippen LogP contribution in [0.4, 0.5) is 4.79 Å². The van der Waals surface area contributed by atoms with Gasteiger partial charge in [0.2, 0.25) is 17.6 Å². The Balaban J connectivity index is 1.27. The maximum atomic E-state index is 14.8. The molecule has 1 aliphatic carbocycles. The van der Waals surface area contributed by atoms with Crippen molar-refractivity contribution in [2.75, 3.05) is 26.2 Å². The number of benzene rings is 2. The van der Waals surface area contributed by atoms with Gasteiger partial charge in [-0.05, 0) is 69.7 Å². The molecule has 4 atom stereocenters. The van der Waals surface area contributed by atoms with Crippen LogP contribution in [0.3, 0.4) is 0 Å². The van der Waals surface area contributed by atoms with Crippen molar-refractivity contribution in [3.05, 3.63) is 64.1 Å². The number of carboxylic acid groups (broad SMARTS) is 1. The number of fused-ring (bicyclic) bond motifs is 2. The summed E-state index contributed by atoms with van der Waals surface area (Å²) in [6, 6.07) is 12.7. The lowest BCUT2D eigenvalue weighted by molar-refractivity contribution is -0.144. The Kier molecular flexibility index (Phi) is 10.4. The van der Waals surface area contributed by atoms with E-state index in [0.29, 0.717) is 24.3 Å². The summed E-state index contributed by atoms with van der Waals surface area (Å²) in [5.74, 6) is -1.20. The molecule has 0 radical (unpaired) electrons. The van der Waals surface area contributed by atoms with Gasteiger partial charge < -0.3 is 20.2 Å². The SMILES string of the molecule is C[C@@H](CN(C(=O)O)C(C)(C)C)C(=O)N[C@H](C(=O)N1C[C@H]2CCCN2C[C@H]1c1nc(C(=O)c2cccc3ccccc23)cs1)C1CCCCC1. The summed E-state index contributed by atoms with van der Waals surface area (Å²) in [5.41, 5.74) is 0.308. The fourth-order valence-electron chi connectivity index (χ4n) is 7.90. The van der Waals surface area contributed by atoms with Crippen LogP contribution in [0.1, 0.15) is 99.7 Å². The molecule has 3 fully saturated rings. The zero-order valence-electron chi connectivity index (χ0n) is 29.1. The first-order valence-electron chi connectivity index (χ1n) is 17.8. The number of nitrogens with one attached hydrogen (secondary N) is 1. The van der Waals surface area contributed by atoms with E-state index in [0.717, 1.165) is 67.3 Å². The van der Waals surface area contributed by atoms with Gasteiger partial charge in [0, 0.05) is 42.2 Å². The van der Waals surface area contributed by atoms with Crippen molar-refractivity contribution in [3.63, 3.8) is 0 Å². The average Bonchev–Trinajstić information content (AvgIpc) is 3.77. The van der Waals surface area contributed by atoms with Crippen molar-refractivity contribution in [1.29, 1.82) is 0 Å². The number of carbonyl (C=O) groups is 4. The zero-order chi connectivity index (χ0) is 34.9. The van der Waals surface area contributed by atoms with E-state index < -0.39 is 23.6 Å². The molecule has 3 heterocycles. The Labute approximate surface area is 292 Å². The molecule has 3 aromatic rings. The second-order valence-electron chi connectivity index (χ2n) is 15.1. The summed E-state index contributed by atoms with van der Waals surface area (Å²) in [7, 11) is 0. The van der Waals surface area contributed by atoms with Crippen molar-refractivity contribution < 1.29 is 24.3 Å². The zero-order valence-corrected chi connectivity index (χ0v) is 29.9. The van der Waals surface area contributed by atoms with Gasteiger partial charge in [-0.25, -0.2) is 9.78 Å². The standard InChI is InChI=1S/C38H49N5O5S/c1-24(20-43(37(47)48)38(2,3)4)34(45)40-32(26-13-6-5-7-14-26)36(46)42-21-27-16-11-19-41(27)22-31(42)35-39-30(23-49-35)33(44)29-18-10-15-25-12-8-9-17-28(25)29/h8-10,12,15,17-18,23-24,26-27,31-32H,5-7,11,13-14,16,19-22H2,1-4H3,(H,40,45)(H,47,48)/t24-,27+,31-,32-/m0/s1. The van der Waals surface area contributed by atoms with Gasteiger partial charge in [-0.15, -0.1) is 11.3 Å². The van der Waals surface area contributed by atoms with Crippen LogP contribution in [0.15, 0.2) is 47.8 Å². The molecular weight excluding hydrogens is 639 g/mol. The maximum absolute atomic E-state index is 14.8. The van der Waals surface area contributed by atoms with Gasteiger partial charge in [0.05, 0.1) is 12.0 Å². The molecule has 1 saturated carbocycles. The highest BCUT2D eigenvalue weighted by Crippen LogP contribution is 2.37. The van der Waals surface area contributed by atoms with Gasteiger partial charge in [0.1, 0.15) is 16.7 Å². The smallest absolute Gasteiger partial charge is 0.407 e. The fourth-order valence-corrected chi connectivity index (χ4v) is 8.80. The molecule has 1 aromatic heterocycles. The van der Waals surface area contributed by atoms with E-state index in [1.54, 1.807) is 6.92 Å². The Morgan fingerprint density at radius 2 is 1.73 bits per heavy atom. The maximum Gasteiger partial charge on any atom is 0.407 e. The highest BCUT2D eigenvalue weighted by molar-refractivity contribution is 7.10. The molecule has 2 aromatic carbocycles. The number of hydrogen-bond donors (Lipinski definition) is 2. The first-order chi connectivity index (χ1) is 23.4. The highest BCUT2D eigenvalue weighted by Gasteiger charge is 2.44. The van der Waals surface area contributed by atoms with Crippen LogP contribution >= 0.6 is 11.3 Å². The Morgan fingerprint density at radius 3 is 2.47 bits per heavy atom. The largest absolute Gasteiger partial charge is 0.465 e. The molecule has 3 amide bonds.